The fourth-order valence-electron chi connectivity index (χ4n) is 2.85. The van der Waals surface area contributed by atoms with Crippen LogP contribution in [0.3, 0.4) is 0 Å². The monoisotopic (exact) mass is 278 g/mol. The molecule has 0 unspecified atom stereocenters. The molecule has 112 valence electrons. The van der Waals surface area contributed by atoms with E-state index >= 15 is 0 Å². The van der Waals surface area contributed by atoms with Gasteiger partial charge in [-0.3, -0.25) is 4.79 Å². The molecule has 1 aliphatic heterocycles. The molecule has 5 nitrogen and oxygen atoms in total. The van der Waals surface area contributed by atoms with Gasteiger partial charge in [0.15, 0.2) is 5.82 Å². The van der Waals surface area contributed by atoms with E-state index in [1.54, 1.807) is 17.0 Å². The highest BCUT2D eigenvalue weighted by molar-refractivity contribution is 5.36. The van der Waals surface area contributed by atoms with Crippen LogP contribution >= 0.6 is 0 Å². The lowest BCUT2D eigenvalue weighted by atomic mass is 9.93. The molecule has 1 aromatic rings. The molecule has 0 saturated carbocycles. The molecule has 20 heavy (non-hydrogen) atoms. The summed E-state index contributed by atoms with van der Waals surface area (Å²) in [5.41, 5.74) is 0.0584. The second kappa shape index (κ2) is 7.43. The van der Waals surface area contributed by atoms with E-state index in [9.17, 15) is 4.79 Å². The predicted octanol–water partition coefficient (Wildman–Crippen LogP) is 1.48. The van der Waals surface area contributed by atoms with Crippen molar-refractivity contribution in [2.75, 3.05) is 31.6 Å². The molecule has 2 rings (SSSR count). The molecule has 2 heterocycles. The topological polar surface area (TPSA) is 50.2 Å². The first-order valence-electron chi connectivity index (χ1n) is 7.71. The van der Waals surface area contributed by atoms with E-state index in [0.717, 1.165) is 51.4 Å². The summed E-state index contributed by atoms with van der Waals surface area (Å²) in [5.74, 6) is 1.41. The van der Waals surface area contributed by atoms with Crippen LogP contribution in [0.2, 0.25) is 0 Å². The average molecular weight is 278 g/mol. The van der Waals surface area contributed by atoms with Gasteiger partial charge in [-0.15, -0.1) is 0 Å². The minimum atomic E-state index is 0.0584. The highest BCUT2D eigenvalue weighted by atomic mass is 16.1. The van der Waals surface area contributed by atoms with Crippen molar-refractivity contribution in [2.45, 2.75) is 39.2 Å². The lowest BCUT2D eigenvalue weighted by Crippen LogP contribution is -2.39. The molecule has 0 aliphatic carbocycles. The normalized spacial score (nSPS) is 16.6. The second-order valence-corrected chi connectivity index (χ2v) is 5.57. The molecule has 1 aliphatic rings. The summed E-state index contributed by atoms with van der Waals surface area (Å²) in [5, 5.41) is 3.21. The number of hydrogen-bond acceptors (Lipinski definition) is 4. The van der Waals surface area contributed by atoms with E-state index in [1.165, 1.54) is 6.42 Å². The predicted molar refractivity (Wildman–Crippen MR) is 82.3 cm³/mol. The molecular weight excluding hydrogens is 252 g/mol. The van der Waals surface area contributed by atoms with E-state index in [4.69, 9.17) is 0 Å². The first-order valence-corrected chi connectivity index (χ1v) is 7.71. The maximum atomic E-state index is 12.4. The fourth-order valence-corrected chi connectivity index (χ4v) is 2.85. The molecular formula is C15H26N4O. The Balaban J connectivity index is 2.00. The Morgan fingerprint density at radius 3 is 2.80 bits per heavy atom. The van der Waals surface area contributed by atoms with Crippen molar-refractivity contribution in [2.24, 2.45) is 5.92 Å². The zero-order valence-electron chi connectivity index (χ0n) is 12.6. The molecule has 1 saturated heterocycles. The lowest BCUT2D eigenvalue weighted by molar-refractivity contribution is 0.376. The number of rotatable bonds is 6. The summed E-state index contributed by atoms with van der Waals surface area (Å²) in [6, 6.07) is 0. The van der Waals surface area contributed by atoms with Crippen LogP contribution in [-0.2, 0) is 6.54 Å². The van der Waals surface area contributed by atoms with Gasteiger partial charge < -0.3 is 14.8 Å². The minimum Gasteiger partial charge on any atom is -0.352 e. The smallest absolute Gasteiger partial charge is 0.293 e. The fraction of sp³-hybridized carbons (Fsp3) is 0.733. The molecule has 0 radical (unpaired) electrons. The van der Waals surface area contributed by atoms with Gasteiger partial charge >= 0.3 is 0 Å². The molecule has 0 bridgehead atoms. The Bertz CT molecular complexity index is 463. The third kappa shape index (κ3) is 3.60. The zero-order valence-corrected chi connectivity index (χ0v) is 12.6. The average Bonchev–Trinajstić information content (AvgIpc) is 2.48. The van der Waals surface area contributed by atoms with Crippen LogP contribution in [0.15, 0.2) is 17.2 Å². The van der Waals surface area contributed by atoms with Gasteiger partial charge in [0, 0.05) is 32.0 Å². The summed E-state index contributed by atoms with van der Waals surface area (Å²) in [6.07, 6.45) is 8.05. The summed E-state index contributed by atoms with van der Waals surface area (Å²) in [7, 11) is 2.00. The van der Waals surface area contributed by atoms with Crippen LogP contribution in [0.4, 0.5) is 5.82 Å². The van der Waals surface area contributed by atoms with Crippen molar-refractivity contribution in [3.63, 3.8) is 0 Å². The molecule has 0 amide bonds. The maximum Gasteiger partial charge on any atom is 0.293 e. The molecule has 0 atom stereocenters. The van der Waals surface area contributed by atoms with Crippen molar-refractivity contribution in [1.29, 1.82) is 0 Å². The van der Waals surface area contributed by atoms with Gasteiger partial charge in [0.2, 0.25) is 0 Å². The number of hydrogen-bond donors (Lipinski definition) is 1. The third-order valence-corrected chi connectivity index (χ3v) is 4.08. The van der Waals surface area contributed by atoms with Crippen LogP contribution in [0.1, 0.15) is 32.6 Å². The van der Waals surface area contributed by atoms with Gasteiger partial charge in [0.25, 0.3) is 5.56 Å². The van der Waals surface area contributed by atoms with Crippen LogP contribution in [-0.4, -0.2) is 36.2 Å². The SMILES string of the molecule is CCCn1ccnc(N2CCC(CCNC)CC2)c1=O. The number of anilines is 1. The second-order valence-electron chi connectivity index (χ2n) is 5.57. The van der Waals surface area contributed by atoms with Crippen molar-refractivity contribution in [3.05, 3.63) is 22.7 Å². The van der Waals surface area contributed by atoms with Crippen molar-refractivity contribution < 1.29 is 0 Å². The van der Waals surface area contributed by atoms with Gasteiger partial charge in [-0.25, -0.2) is 4.98 Å². The number of aromatic nitrogens is 2. The van der Waals surface area contributed by atoms with E-state index in [1.807, 2.05) is 7.05 Å². The van der Waals surface area contributed by atoms with Crippen LogP contribution in [0.25, 0.3) is 0 Å². The molecule has 0 spiro atoms. The van der Waals surface area contributed by atoms with Crippen molar-refractivity contribution in [1.82, 2.24) is 14.9 Å². The Morgan fingerprint density at radius 1 is 1.40 bits per heavy atom. The minimum absolute atomic E-state index is 0.0584. The zero-order chi connectivity index (χ0) is 14.4. The first kappa shape index (κ1) is 15.0. The summed E-state index contributed by atoms with van der Waals surface area (Å²) >= 11 is 0. The maximum absolute atomic E-state index is 12.4. The molecule has 1 fully saturated rings. The highest BCUT2D eigenvalue weighted by Crippen LogP contribution is 2.21. The molecule has 1 N–H and O–H groups in total. The van der Waals surface area contributed by atoms with Gasteiger partial charge in [-0.1, -0.05) is 6.92 Å². The first-order chi connectivity index (χ1) is 9.76. The van der Waals surface area contributed by atoms with Gasteiger partial charge in [-0.05, 0) is 45.2 Å². The van der Waals surface area contributed by atoms with Crippen molar-refractivity contribution in [3.8, 4) is 0 Å². The number of piperidine rings is 1. The molecule has 0 aromatic carbocycles. The molecule has 5 heteroatoms. The summed E-state index contributed by atoms with van der Waals surface area (Å²) in [6.45, 7) is 5.84. The summed E-state index contributed by atoms with van der Waals surface area (Å²) in [4.78, 5) is 18.8. The largest absolute Gasteiger partial charge is 0.352 e. The van der Waals surface area contributed by atoms with Gasteiger partial charge in [0.05, 0.1) is 0 Å². The van der Waals surface area contributed by atoms with Crippen LogP contribution < -0.4 is 15.8 Å². The Labute approximate surface area is 121 Å². The van der Waals surface area contributed by atoms with Gasteiger partial charge in [0.1, 0.15) is 0 Å². The van der Waals surface area contributed by atoms with E-state index in [2.05, 4.69) is 22.1 Å². The van der Waals surface area contributed by atoms with Crippen molar-refractivity contribution >= 4 is 5.82 Å². The molecule has 1 aromatic heterocycles. The number of nitrogens with one attached hydrogen (secondary N) is 1. The Morgan fingerprint density at radius 2 is 2.15 bits per heavy atom. The third-order valence-electron chi connectivity index (χ3n) is 4.08. The van der Waals surface area contributed by atoms with Crippen LogP contribution in [0.5, 0.6) is 0 Å². The summed E-state index contributed by atoms with van der Waals surface area (Å²) < 4.78 is 1.77. The van der Waals surface area contributed by atoms with Crippen LogP contribution in [0, 0.1) is 5.92 Å². The Hall–Kier alpha value is -1.36. The Kier molecular flexibility index (Phi) is 5.59. The standard InChI is InChI=1S/C15H26N4O/c1-3-9-19-12-8-17-14(15(19)20)18-10-5-13(6-11-18)4-7-16-2/h8,12-13,16H,3-7,9-11H2,1-2H3. The highest BCUT2D eigenvalue weighted by Gasteiger charge is 2.21. The number of nitrogens with zero attached hydrogens (tertiary/aromatic N) is 3. The van der Waals surface area contributed by atoms with Gasteiger partial charge in [-0.2, -0.15) is 0 Å². The number of aryl methyl sites for hydroxylation is 1. The van der Waals surface area contributed by atoms with E-state index in [0.29, 0.717) is 5.82 Å². The quantitative estimate of drug-likeness (QED) is 0.856. The van der Waals surface area contributed by atoms with E-state index in [-0.39, 0.29) is 5.56 Å². The van der Waals surface area contributed by atoms with E-state index < -0.39 is 0 Å². The lowest BCUT2D eigenvalue weighted by Gasteiger charge is -2.32.